The molecule has 0 N–H and O–H groups in total. The number of rotatable bonds is 8. The Bertz CT molecular complexity index is 1610. The van der Waals surface area contributed by atoms with Crippen LogP contribution >= 0.6 is 34.7 Å². The second kappa shape index (κ2) is 10.9. The van der Waals surface area contributed by atoms with Crippen molar-refractivity contribution in [2.75, 3.05) is 14.1 Å². The normalized spacial score (nSPS) is 11.7. The first-order valence-corrected chi connectivity index (χ1v) is 13.6. The number of fused-ring (bicyclic) bond motifs is 2. The van der Waals surface area contributed by atoms with Crippen molar-refractivity contribution in [2.24, 2.45) is 0 Å². The van der Waals surface area contributed by atoms with Crippen LogP contribution in [0.25, 0.3) is 26.8 Å². The molecule has 0 saturated carbocycles. The molecule has 0 aliphatic rings. The first kappa shape index (κ1) is 25.3. The summed E-state index contributed by atoms with van der Waals surface area (Å²) >= 11 is 9.81. The highest BCUT2D eigenvalue weighted by Crippen LogP contribution is 2.38. The molecule has 5 nitrogen and oxygen atoms in total. The fraction of sp³-hybridized carbons (Fsp3) is 0.138. The van der Waals surface area contributed by atoms with Crippen molar-refractivity contribution < 1.29 is 4.74 Å². The minimum absolute atomic E-state index is 0.279. The molecular weight excluding hydrogens is 520 g/mol. The Balaban J connectivity index is 1.49. The first-order valence-electron chi connectivity index (χ1n) is 11.6. The van der Waals surface area contributed by atoms with Crippen molar-refractivity contribution in [1.82, 2.24) is 19.9 Å². The molecule has 0 radical (unpaired) electrons. The lowest BCUT2D eigenvalue weighted by atomic mass is 10.0. The van der Waals surface area contributed by atoms with Crippen LogP contribution in [0.4, 0.5) is 0 Å². The van der Waals surface area contributed by atoms with Crippen LogP contribution in [0.1, 0.15) is 16.8 Å². The van der Waals surface area contributed by atoms with Crippen molar-refractivity contribution >= 4 is 61.5 Å². The Kier molecular flexibility index (Phi) is 7.46. The summed E-state index contributed by atoms with van der Waals surface area (Å²) in [5.41, 5.74) is 5.69. The van der Waals surface area contributed by atoms with Gasteiger partial charge in [0, 0.05) is 59.3 Å². The summed E-state index contributed by atoms with van der Waals surface area (Å²) < 4.78 is 8.46. The molecule has 37 heavy (non-hydrogen) atoms. The monoisotopic (exact) mass is 544 g/mol. The molecule has 3 heterocycles. The van der Waals surface area contributed by atoms with Gasteiger partial charge in [0.15, 0.2) is 4.34 Å². The molecule has 3 aromatic heterocycles. The van der Waals surface area contributed by atoms with E-state index in [9.17, 15) is 0 Å². The van der Waals surface area contributed by atoms with Crippen LogP contribution < -0.4 is 4.74 Å². The van der Waals surface area contributed by atoms with E-state index in [1.807, 2.05) is 63.6 Å². The van der Waals surface area contributed by atoms with Crippen molar-refractivity contribution in [1.29, 1.82) is 0 Å². The number of nitrogens with zero attached hydrogens (tertiary/aromatic N) is 4. The van der Waals surface area contributed by atoms with E-state index < -0.39 is 0 Å². The summed E-state index contributed by atoms with van der Waals surface area (Å²) in [6.45, 7) is 6.16. The molecule has 5 rings (SSSR count). The summed E-state index contributed by atoms with van der Waals surface area (Å²) in [5.74, 6) is 0.697. The third-order valence-corrected chi connectivity index (χ3v) is 8.27. The lowest BCUT2D eigenvalue weighted by Gasteiger charge is -2.20. The quantitative estimate of drug-likeness (QED) is 0.184. The van der Waals surface area contributed by atoms with Gasteiger partial charge in [0.25, 0.3) is 0 Å². The third kappa shape index (κ3) is 5.34. The van der Waals surface area contributed by atoms with Gasteiger partial charge in [-0.2, -0.15) is 0 Å². The molecule has 0 bridgehead atoms. The molecular formula is C29H25ClN4OS2. The summed E-state index contributed by atoms with van der Waals surface area (Å²) in [5, 5.41) is 1.56. The maximum atomic E-state index is 6.61. The second-order valence-electron chi connectivity index (χ2n) is 8.58. The fourth-order valence-corrected chi connectivity index (χ4v) is 6.49. The number of para-hydroxylation sites is 2. The Morgan fingerprint density at radius 3 is 2.76 bits per heavy atom. The van der Waals surface area contributed by atoms with Crippen molar-refractivity contribution in [2.45, 2.75) is 22.8 Å². The summed E-state index contributed by atoms with van der Waals surface area (Å²) in [6.07, 6.45) is 7.27. The van der Waals surface area contributed by atoms with Gasteiger partial charge in [0.2, 0.25) is 0 Å². The lowest BCUT2D eigenvalue weighted by Crippen LogP contribution is -2.11. The van der Waals surface area contributed by atoms with E-state index in [0.717, 1.165) is 52.9 Å². The highest BCUT2D eigenvalue weighted by molar-refractivity contribution is 8.01. The van der Waals surface area contributed by atoms with Gasteiger partial charge in [0.05, 0.1) is 15.2 Å². The Labute approximate surface area is 229 Å². The molecule has 186 valence electrons. The fourth-order valence-electron chi connectivity index (χ4n) is 4.08. The Hall–Kier alpha value is -3.39. The Morgan fingerprint density at radius 1 is 1.14 bits per heavy atom. The maximum Gasteiger partial charge on any atom is 0.155 e. The molecule has 0 aliphatic carbocycles. The minimum Gasteiger partial charge on any atom is -0.487 e. The summed E-state index contributed by atoms with van der Waals surface area (Å²) in [7, 11) is 4.04. The summed E-state index contributed by atoms with van der Waals surface area (Å²) in [4.78, 5) is 16.9. The molecule has 0 fully saturated rings. The average Bonchev–Trinajstić information content (AvgIpc) is 3.29. The SMILES string of the molecule is C=C/C=C(/c1cc(C)nc2c(OCc3c(Cl)cncc3Sc3nc4ccccc4s3)cccc12)N(C)C. The second-order valence-corrected chi connectivity index (χ2v) is 11.3. The van der Waals surface area contributed by atoms with E-state index in [4.69, 9.17) is 26.3 Å². The standard InChI is InChI=1S/C29H25ClN4OS2/c1-5-9-24(34(3)4)20-14-18(2)32-28-19(20)10-8-12-25(28)35-17-21-22(30)15-31-16-27(21)37-29-33-23-11-6-7-13-26(23)36-29/h5-16H,1,17H2,2-4H3/b24-9-. The van der Waals surface area contributed by atoms with Crippen LogP contribution in [-0.2, 0) is 6.61 Å². The Morgan fingerprint density at radius 2 is 1.97 bits per heavy atom. The number of thiazole rings is 1. The molecule has 0 aliphatic heterocycles. The zero-order chi connectivity index (χ0) is 25.9. The molecule has 0 spiro atoms. The number of ether oxygens (including phenoxy) is 1. The minimum atomic E-state index is 0.279. The topological polar surface area (TPSA) is 51.1 Å². The number of pyridine rings is 2. The highest BCUT2D eigenvalue weighted by Gasteiger charge is 2.16. The van der Waals surface area contributed by atoms with E-state index in [2.05, 4.69) is 34.7 Å². The number of hydrogen-bond donors (Lipinski definition) is 0. The van der Waals surface area contributed by atoms with Gasteiger partial charge in [-0.25, -0.2) is 9.97 Å². The van der Waals surface area contributed by atoms with Crippen LogP contribution in [0.15, 0.2) is 88.9 Å². The number of hydrogen-bond acceptors (Lipinski definition) is 7. The highest BCUT2D eigenvalue weighted by atomic mass is 35.5. The van der Waals surface area contributed by atoms with Gasteiger partial charge in [-0.1, -0.05) is 60.3 Å². The molecule has 0 saturated heterocycles. The van der Waals surface area contributed by atoms with Gasteiger partial charge >= 0.3 is 0 Å². The predicted octanol–water partition coefficient (Wildman–Crippen LogP) is 8.02. The number of aromatic nitrogens is 3. The zero-order valence-corrected chi connectivity index (χ0v) is 23.1. The van der Waals surface area contributed by atoms with Crippen LogP contribution in [0.3, 0.4) is 0 Å². The van der Waals surface area contributed by atoms with Gasteiger partial charge in [-0.05, 0) is 37.3 Å². The van der Waals surface area contributed by atoms with Crippen LogP contribution in [0.5, 0.6) is 5.75 Å². The molecule has 0 atom stereocenters. The van der Waals surface area contributed by atoms with Gasteiger partial charge < -0.3 is 9.64 Å². The van der Waals surface area contributed by atoms with Gasteiger partial charge in [-0.3, -0.25) is 4.98 Å². The van der Waals surface area contributed by atoms with E-state index in [1.54, 1.807) is 35.4 Å². The van der Waals surface area contributed by atoms with Gasteiger partial charge in [0.1, 0.15) is 17.9 Å². The van der Waals surface area contributed by atoms with E-state index >= 15 is 0 Å². The van der Waals surface area contributed by atoms with Crippen LogP contribution in [-0.4, -0.2) is 33.9 Å². The van der Waals surface area contributed by atoms with Crippen molar-refractivity contribution in [3.05, 3.63) is 101 Å². The van der Waals surface area contributed by atoms with Crippen LogP contribution in [0.2, 0.25) is 5.02 Å². The number of benzene rings is 2. The van der Waals surface area contributed by atoms with Crippen molar-refractivity contribution in [3.8, 4) is 5.75 Å². The predicted molar refractivity (Wildman–Crippen MR) is 156 cm³/mol. The molecule has 0 unspecified atom stereocenters. The van der Waals surface area contributed by atoms with Crippen LogP contribution in [0, 0.1) is 6.92 Å². The van der Waals surface area contributed by atoms with E-state index in [1.165, 1.54) is 0 Å². The third-order valence-electron chi connectivity index (χ3n) is 5.77. The number of aryl methyl sites for hydroxylation is 1. The number of allylic oxidation sites excluding steroid dienone is 2. The molecule has 0 amide bonds. The number of halogens is 1. The maximum absolute atomic E-state index is 6.61. The van der Waals surface area contributed by atoms with E-state index in [0.29, 0.717) is 10.8 Å². The van der Waals surface area contributed by atoms with Gasteiger partial charge in [-0.15, -0.1) is 11.3 Å². The average molecular weight is 545 g/mol. The zero-order valence-electron chi connectivity index (χ0n) is 20.7. The first-order chi connectivity index (χ1) is 17.9. The summed E-state index contributed by atoms with van der Waals surface area (Å²) in [6, 6.07) is 16.2. The van der Waals surface area contributed by atoms with E-state index in [-0.39, 0.29) is 6.61 Å². The lowest BCUT2D eigenvalue weighted by molar-refractivity contribution is 0.306. The molecule has 5 aromatic rings. The van der Waals surface area contributed by atoms with Crippen molar-refractivity contribution in [3.63, 3.8) is 0 Å². The molecule has 8 heteroatoms. The smallest absolute Gasteiger partial charge is 0.155 e. The molecule has 2 aromatic carbocycles. The largest absolute Gasteiger partial charge is 0.487 e.